The van der Waals surface area contributed by atoms with Gasteiger partial charge in [0.05, 0.1) is 9.75 Å². The van der Waals surface area contributed by atoms with Gasteiger partial charge in [0.1, 0.15) is 0 Å². The minimum atomic E-state index is 0.489. The van der Waals surface area contributed by atoms with Crippen LogP contribution in [-0.2, 0) is 11.4 Å². The molecule has 0 aromatic carbocycles. The lowest BCUT2D eigenvalue weighted by Crippen LogP contribution is -1.92. The average Bonchev–Trinajstić information content (AvgIpc) is 3.24. The summed E-state index contributed by atoms with van der Waals surface area (Å²) in [5, 5.41) is 0.489. The Morgan fingerprint density at radius 3 is 2.18 bits per heavy atom. The van der Waals surface area contributed by atoms with Crippen molar-refractivity contribution in [2.24, 2.45) is 0 Å². The van der Waals surface area contributed by atoms with Crippen molar-refractivity contribution in [3.63, 3.8) is 0 Å². The quantitative estimate of drug-likeness (QED) is 0.393. The standard InChI is InChI=1S/C18H15S4/c1-11-3-5-13(19-11)15-7-9-17(21-15)18-10-8-16(22-18)14-6-4-12(2)20-14/h3-10,15H,1-2H3/q+1. The van der Waals surface area contributed by atoms with Gasteiger partial charge in [-0.2, -0.15) is 0 Å². The monoisotopic (exact) mass is 359 g/mol. The lowest BCUT2D eigenvalue weighted by Gasteiger charge is -1.88. The third-order valence-corrected chi connectivity index (χ3v) is 8.50. The van der Waals surface area contributed by atoms with Crippen LogP contribution in [0.2, 0.25) is 0 Å². The van der Waals surface area contributed by atoms with Gasteiger partial charge in [-0.15, -0.1) is 34.0 Å². The molecule has 0 radical (unpaired) electrons. The molecule has 1 unspecified atom stereocenters. The van der Waals surface area contributed by atoms with Gasteiger partial charge in [-0.3, -0.25) is 0 Å². The van der Waals surface area contributed by atoms with Gasteiger partial charge in [-0.05, 0) is 56.3 Å². The van der Waals surface area contributed by atoms with E-state index in [0.29, 0.717) is 5.25 Å². The van der Waals surface area contributed by atoms with Crippen LogP contribution in [-0.4, -0.2) is 4.86 Å². The maximum absolute atomic E-state index is 2.33. The first-order valence-electron chi connectivity index (χ1n) is 7.14. The number of rotatable bonds is 3. The fraction of sp³-hybridized carbons (Fsp3) is 0.167. The van der Waals surface area contributed by atoms with Gasteiger partial charge in [0.15, 0.2) is 11.4 Å². The van der Waals surface area contributed by atoms with Crippen molar-refractivity contribution in [2.45, 2.75) is 19.1 Å². The van der Waals surface area contributed by atoms with Crippen molar-refractivity contribution in [1.29, 1.82) is 0 Å². The predicted octanol–water partition coefficient (Wildman–Crippen LogP) is 6.07. The number of hydrogen-bond acceptors (Lipinski definition) is 3. The summed E-state index contributed by atoms with van der Waals surface area (Å²) in [7, 11) is 0. The summed E-state index contributed by atoms with van der Waals surface area (Å²) in [6.45, 7) is 4.34. The third kappa shape index (κ3) is 2.76. The van der Waals surface area contributed by atoms with Crippen LogP contribution in [0.3, 0.4) is 0 Å². The summed E-state index contributed by atoms with van der Waals surface area (Å²) < 4.78 is 0. The maximum atomic E-state index is 2.33. The van der Waals surface area contributed by atoms with Gasteiger partial charge < -0.3 is 0 Å². The largest absolute Gasteiger partial charge is 0.242 e. The van der Waals surface area contributed by atoms with Gasteiger partial charge in [-0.1, -0.05) is 0 Å². The third-order valence-electron chi connectivity index (χ3n) is 3.55. The van der Waals surface area contributed by atoms with Crippen LogP contribution in [0.4, 0.5) is 0 Å². The van der Waals surface area contributed by atoms with Crippen LogP contribution in [0.5, 0.6) is 0 Å². The second kappa shape index (κ2) is 5.85. The second-order valence-electron chi connectivity index (χ2n) is 5.28. The van der Waals surface area contributed by atoms with Crippen molar-refractivity contribution in [1.82, 2.24) is 0 Å². The first kappa shape index (κ1) is 14.5. The second-order valence-corrected chi connectivity index (χ2v) is 10.2. The zero-order chi connectivity index (χ0) is 15.1. The van der Waals surface area contributed by atoms with Crippen LogP contribution in [0.1, 0.15) is 24.8 Å². The molecule has 0 nitrogen and oxygen atoms in total. The molecule has 0 amide bonds. The Labute approximate surface area is 146 Å². The summed E-state index contributed by atoms with van der Waals surface area (Å²) in [6.07, 6.45) is 4.62. The average molecular weight is 360 g/mol. The normalized spacial score (nSPS) is 17.2. The molecule has 3 aromatic heterocycles. The highest BCUT2D eigenvalue weighted by molar-refractivity contribution is 7.81. The highest BCUT2D eigenvalue weighted by Gasteiger charge is 2.29. The molecule has 0 aliphatic carbocycles. The van der Waals surface area contributed by atoms with Gasteiger partial charge >= 0.3 is 0 Å². The highest BCUT2D eigenvalue weighted by atomic mass is 32.1. The van der Waals surface area contributed by atoms with Gasteiger partial charge in [0.2, 0.25) is 10.1 Å². The Bertz CT molecular complexity index is 872. The maximum Gasteiger partial charge on any atom is 0.242 e. The summed E-state index contributed by atoms with van der Waals surface area (Å²) in [6, 6.07) is 13.4. The Morgan fingerprint density at radius 1 is 0.773 bits per heavy atom. The van der Waals surface area contributed by atoms with Crippen molar-refractivity contribution in [3.8, 4) is 9.75 Å². The first-order valence-corrected chi connectivity index (χ1v) is 10.5. The molecule has 110 valence electrons. The Balaban J connectivity index is 1.61. The molecule has 0 bridgehead atoms. The van der Waals surface area contributed by atoms with Crippen molar-refractivity contribution < 1.29 is 0 Å². The number of allylic oxidation sites excluding steroid dienone is 1. The van der Waals surface area contributed by atoms with Gasteiger partial charge in [-0.25, -0.2) is 0 Å². The minimum Gasteiger partial charge on any atom is -0.140 e. The summed E-state index contributed by atoms with van der Waals surface area (Å²) in [5.41, 5.74) is 0. The molecule has 4 heteroatoms. The molecule has 1 atom stereocenters. The smallest absolute Gasteiger partial charge is 0.140 e. The van der Waals surface area contributed by atoms with E-state index in [0.717, 1.165) is 0 Å². The van der Waals surface area contributed by atoms with E-state index in [1.807, 2.05) is 45.4 Å². The van der Waals surface area contributed by atoms with Crippen molar-refractivity contribution in [2.75, 3.05) is 0 Å². The van der Waals surface area contributed by atoms with Crippen molar-refractivity contribution >= 4 is 50.2 Å². The molecular weight excluding hydrogens is 344 g/mol. The molecule has 1 aliphatic heterocycles. The Hall–Kier alpha value is -1.07. The lowest BCUT2D eigenvalue weighted by atomic mass is 10.2. The molecule has 3 aromatic rings. The summed E-state index contributed by atoms with van der Waals surface area (Å²) >= 11 is 7.66. The summed E-state index contributed by atoms with van der Waals surface area (Å²) in [5.74, 6) is 0. The van der Waals surface area contributed by atoms with E-state index in [1.165, 1.54) is 34.1 Å². The van der Waals surface area contributed by atoms with E-state index in [9.17, 15) is 0 Å². The van der Waals surface area contributed by atoms with E-state index in [2.05, 4.69) is 62.4 Å². The van der Waals surface area contributed by atoms with E-state index in [1.54, 1.807) is 0 Å². The molecule has 1 aliphatic rings. The minimum absolute atomic E-state index is 0.489. The Kier molecular flexibility index (Phi) is 3.86. The van der Waals surface area contributed by atoms with Crippen LogP contribution in [0.15, 0.2) is 48.6 Å². The fourth-order valence-electron chi connectivity index (χ4n) is 2.46. The predicted molar refractivity (Wildman–Crippen MR) is 105 cm³/mol. The summed E-state index contributed by atoms with van der Waals surface area (Å²) in [4.78, 5) is 9.78. The SMILES string of the molecule is Cc1ccc(-c2ccc(C3=[S+]C(c4ccc(C)s4)C=C3)s2)s1. The molecule has 0 saturated heterocycles. The van der Waals surface area contributed by atoms with Crippen LogP contribution < -0.4 is 0 Å². The van der Waals surface area contributed by atoms with E-state index in [-0.39, 0.29) is 0 Å². The number of thiophene rings is 3. The molecule has 0 N–H and O–H groups in total. The number of aryl methyl sites for hydroxylation is 2. The zero-order valence-corrected chi connectivity index (χ0v) is 15.6. The van der Waals surface area contributed by atoms with Crippen LogP contribution >= 0.6 is 34.0 Å². The highest BCUT2D eigenvalue weighted by Crippen LogP contribution is 2.35. The Morgan fingerprint density at radius 2 is 1.45 bits per heavy atom. The van der Waals surface area contributed by atoms with Crippen molar-refractivity contribution in [3.05, 3.63) is 68.1 Å². The fourth-order valence-corrected chi connectivity index (χ4v) is 6.71. The van der Waals surface area contributed by atoms with Gasteiger partial charge in [0, 0.05) is 25.6 Å². The van der Waals surface area contributed by atoms with E-state index >= 15 is 0 Å². The van der Waals surface area contributed by atoms with Crippen LogP contribution in [0.25, 0.3) is 9.75 Å². The molecule has 22 heavy (non-hydrogen) atoms. The first-order chi connectivity index (χ1) is 10.7. The molecule has 4 heterocycles. The molecule has 0 spiro atoms. The van der Waals surface area contributed by atoms with E-state index < -0.39 is 0 Å². The molecule has 0 fully saturated rings. The topological polar surface area (TPSA) is 0 Å². The molecular formula is C18H15S4+. The van der Waals surface area contributed by atoms with Crippen LogP contribution in [0, 0.1) is 13.8 Å². The van der Waals surface area contributed by atoms with Gasteiger partial charge in [0.25, 0.3) is 0 Å². The lowest BCUT2D eigenvalue weighted by molar-refractivity contribution is 1.31. The zero-order valence-electron chi connectivity index (χ0n) is 12.3. The molecule has 0 saturated carbocycles. The molecule has 4 rings (SSSR count). The number of hydrogen-bond donors (Lipinski definition) is 0. The van der Waals surface area contributed by atoms with E-state index in [4.69, 9.17) is 0 Å².